The number of rotatable bonds is 2. The summed E-state index contributed by atoms with van der Waals surface area (Å²) >= 11 is 3.14. The van der Waals surface area contributed by atoms with Crippen molar-refractivity contribution in [1.82, 2.24) is 10.3 Å². The lowest BCUT2D eigenvalue weighted by Gasteiger charge is -2.25. The fourth-order valence-corrected chi connectivity index (χ4v) is 3.08. The van der Waals surface area contributed by atoms with Crippen molar-refractivity contribution in [3.05, 3.63) is 27.1 Å². The van der Waals surface area contributed by atoms with Crippen LogP contribution in [0.25, 0.3) is 0 Å². The second kappa shape index (κ2) is 4.73. The summed E-state index contributed by atoms with van der Waals surface area (Å²) in [4.78, 5) is 27.1. The molecule has 0 spiro atoms. The maximum Gasteiger partial charge on any atom is 0.258 e. The first kappa shape index (κ1) is 12.8. The van der Waals surface area contributed by atoms with Crippen LogP contribution in [0.4, 0.5) is 5.69 Å². The zero-order valence-corrected chi connectivity index (χ0v) is 11.7. The monoisotopic (exact) mass is 327 g/mol. The number of fused-ring (bicyclic) bond motifs is 1. The molecule has 3 rings (SSSR count). The van der Waals surface area contributed by atoms with E-state index >= 15 is 0 Å². The normalized spacial score (nSPS) is 29.2. The molecule has 0 bridgehead atoms. The second-order valence-corrected chi connectivity index (χ2v) is 5.71. The van der Waals surface area contributed by atoms with Gasteiger partial charge in [-0.1, -0.05) is 0 Å². The second-order valence-electron chi connectivity index (χ2n) is 4.85. The molecule has 2 atom stereocenters. The third-order valence-electron chi connectivity index (χ3n) is 3.80. The van der Waals surface area contributed by atoms with E-state index in [0.29, 0.717) is 17.6 Å². The van der Waals surface area contributed by atoms with Crippen molar-refractivity contribution < 1.29 is 9.53 Å². The Hall–Kier alpha value is -1.18. The number of carbonyl (C=O) groups excluding carboxylic acids is 1. The number of amides is 1. The van der Waals surface area contributed by atoms with Gasteiger partial charge in [0.1, 0.15) is 5.69 Å². The molecule has 102 valence electrons. The largest absolute Gasteiger partial charge is 0.365 e. The summed E-state index contributed by atoms with van der Waals surface area (Å²) in [5.41, 5.74) is -0.840. The van der Waals surface area contributed by atoms with E-state index in [2.05, 4.69) is 31.5 Å². The number of ether oxygens (including phenoxy) is 1. The Morgan fingerprint density at radius 1 is 1.53 bits per heavy atom. The predicted molar refractivity (Wildman–Crippen MR) is 73.1 cm³/mol. The molecule has 7 heteroatoms. The van der Waals surface area contributed by atoms with E-state index in [9.17, 15) is 9.59 Å². The Kier molecular flexibility index (Phi) is 3.20. The van der Waals surface area contributed by atoms with Crippen LogP contribution in [0.5, 0.6) is 0 Å². The Labute approximate surface area is 118 Å². The molecule has 0 aliphatic carbocycles. The molecule has 2 aliphatic rings. The molecule has 2 fully saturated rings. The van der Waals surface area contributed by atoms with Crippen LogP contribution in [0.2, 0.25) is 0 Å². The lowest BCUT2D eigenvalue weighted by atomic mass is 9.90. The minimum Gasteiger partial charge on any atom is -0.365 e. The number of anilines is 1. The van der Waals surface area contributed by atoms with Gasteiger partial charge in [0.25, 0.3) is 5.91 Å². The van der Waals surface area contributed by atoms with Crippen LogP contribution < -0.4 is 16.1 Å². The van der Waals surface area contributed by atoms with Crippen LogP contribution in [0.1, 0.15) is 6.42 Å². The molecule has 1 aromatic heterocycles. The number of H-pyrrole nitrogens is 1. The zero-order chi connectivity index (χ0) is 13.5. The summed E-state index contributed by atoms with van der Waals surface area (Å²) < 4.78 is 6.06. The average Bonchev–Trinajstić information content (AvgIpc) is 2.94. The van der Waals surface area contributed by atoms with Crippen molar-refractivity contribution in [3.8, 4) is 0 Å². The van der Waals surface area contributed by atoms with Crippen LogP contribution in [0.15, 0.2) is 21.7 Å². The Morgan fingerprint density at radius 3 is 3.21 bits per heavy atom. The Balaban J connectivity index is 1.86. The molecule has 2 saturated heterocycles. The van der Waals surface area contributed by atoms with E-state index in [4.69, 9.17) is 4.74 Å². The van der Waals surface area contributed by atoms with Gasteiger partial charge in [-0.05, 0) is 22.4 Å². The number of nitrogens with one attached hydrogen (secondary N) is 3. The highest BCUT2D eigenvalue weighted by Crippen LogP contribution is 2.35. The number of aromatic nitrogens is 1. The number of hydrogen-bond donors (Lipinski definition) is 3. The lowest BCUT2D eigenvalue weighted by Crippen LogP contribution is -2.48. The summed E-state index contributed by atoms with van der Waals surface area (Å²) in [5.74, 6) is -0.0673. The summed E-state index contributed by atoms with van der Waals surface area (Å²) in [5, 5.41) is 5.85. The van der Waals surface area contributed by atoms with Crippen molar-refractivity contribution in [1.29, 1.82) is 0 Å². The standard InChI is InChI=1S/C12H14BrN3O3/c13-8-4-14-5-9(10(8)17)16-11(18)12-6-15-3-7(12)1-2-19-12/h4-5,7,15H,1-3,6H2,(H,14,17)(H,16,18)/t7-,12+/m1/s1. The van der Waals surface area contributed by atoms with Gasteiger partial charge in [0.05, 0.1) is 4.47 Å². The molecule has 0 unspecified atom stereocenters. The van der Waals surface area contributed by atoms with Crippen LogP contribution in [0, 0.1) is 5.92 Å². The lowest BCUT2D eigenvalue weighted by molar-refractivity contribution is -0.135. The van der Waals surface area contributed by atoms with E-state index < -0.39 is 5.60 Å². The number of aromatic amines is 1. The third-order valence-corrected chi connectivity index (χ3v) is 4.38. The Bertz CT molecular complexity index is 562. The summed E-state index contributed by atoms with van der Waals surface area (Å²) in [6.07, 6.45) is 3.88. The number of pyridine rings is 1. The van der Waals surface area contributed by atoms with Crippen LogP contribution in [-0.4, -0.2) is 36.2 Å². The highest BCUT2D eigenvalue weighted by Gasteiger charge is 2.53. The van der Waals surface area contributed by atoms with Crippen LogP contribution >= 0.6 is 15.9 Å². The van der Waals surface area contributed by atoms with Crippen molar-refractivity contribution in [3.63, 3.8) is 0 Å². The van der Waals surface area contributed by atoms with Gasteiger partial charge in [-0.25, -0.2) is 0 Å². The molecule has 0 saturated carbocycles. The van der Waals surface area contributed by atoms with Crippen molar-refractivity contribution in [2.24, 2.45) is 5.92 Å². The van der Waals surface area contributed by atoms with Crippen molar-refractivity contribution >= 4 is 27.5 Å². The molecule has 6 nitrogen and oxygen atoms in total. The topological polar surface area (TPSA) is 83.2 Å². The summed E-state index contributed by atoms with van der Waals surface area (Å²) in [7, 11) is 0. The molecule has 3 N–H and O–H groups in total. The van der Waals surface area contributed by atoms with Gasteiger partial charge < -0.3 is 20.4 Å². The van der Waals surface area contributed by atoms with E-state index in [1.54, 1.807) is 0 Å². The maximum atomic E-state index is 12.4. The first-order valence-electron chi connectivity index (χ1n) is 6.16. The SMILES string of the molecule is O=C(Nc1c[nH]cc(Br)c1=O)[C@]12CNC[C@H]1CCO2. The number of hydrogen-bond acceptors (Lipinski definition) is 4. The molecule has 0 radical (unpaired) electrons. The van der Waals surface area contributed by atoms with Crippen molar-refractivity contribution in [2.75, 3.05) is 25.0 Å². The maximum absolute atomic E-state index is 12.4. The molecule has 0 aromatic carbocycles. The van der Waals surface area contributed by atoms with Gasteiger partial charge in [0.2, 0.25) is 5.43 Å². The number of halogens is 1. The quantitative estimate of drug-likeness (QED) is 0.736. The van der Waals surface area contributed by atoms with Gasteiger partial charge in [-0.3, -0.25) is 9.59 Å². The summed E-state index contributed by atoms with van der Waals surface area (Å²) in [6.45, 7) is 1.87. The molecule has 1 amide bonds. The van der Waals surface area contributed by atoms with Gasteiger partial charge in [0, 0.05) is 38.0 Å². The van der Waals surface area contributed by atoms with Crippen LogP contribution in [0.3, 0.4) is 0 Å². The fourth-order valence-electron chi connectivity index (χ4n) is 2.74. The smallest absolute Gasteiger partial charge is 0.258 e. The highest BCUT2D eigenvalue weighted by molar-refractivity contribution is 9.10. The van der Waals surface area contributed by atoms with E-state index in [1.165, 1.54) is 12.4 Å². The van der Waals surface area contributed by atoms with Crippen LogP contribution in [-0.2, 0) is 9.53 Å². The minimum atomic E-state index is -0.825. The Morgan fingerprint density at radius 2 is 2.37 bits per heavy atom. The fraction of sp³-hybridized carbons (Fsp3) is 0.500. The molecule has 3 heterocycles. The van der Waals surface area contributed by atoms with Gasteiger partial charge >= 0.3 is 0 Å². The molecule has 2 aliphatic heterocycles. The molecular weight excluding hydrogens is 314 g/mol. The zero-order valence-electron chi connectivity index (χ0n) is 10.2. The van der Waals surface area contributed by atoms with Gasteiger partial charge in [0.15, 0.2) is 5.60 Å². The van der Waals surface area contributed by atoms with Gasteiger partial charge in [-0.2, -0.15) is 0 Å². The van der Waals surface area contributed by atoms with E-state index in [0.717, 1.165) is 13.0 Å². The molecule has 19 heavy (non-hydrogen) atoms. The minimum absolute atomic E-state index is 0.179. The van der Waals surface area contributed by atoms with Gasteiger partial charge in [-0.15, -0.1) is 0 Å². The highest BCUT2D eigenvalue weighted by atomic mass is 79.9. The molecule has 1 aromatic rings. The van der Waals surface area contributed by atoms with E-state index in [1.807, 2.05) is 0 Å². The summed E-state index contributed by atoms with van der Waals surface area (Å²) in [6, 6.07) is 0. The molecular formula is C12H14BrN3O3. The third kappa shape index (κ3) is 2.01. The average molecular weight is 328 g/mol. The van der Waals surface area contributed by atoms with Crippen molar-refractivity contribution in [2.45, 2.75) is 12.0 Å². The van der Waals surface area contributed by atoms with E-state index in [-0.39, 0.29) is 22.9 Å². The predicted octanol–water partition coefficient (Wildman–Crippen LogP) is 0.454. The first-order valence-corrected chi connectivity index (χ1v) is 6.95. The first-order chi connectivity index (χ1) is 9.13. The number of carbonyl (C=O) groups is 1.